The zero-order valence-corrected chi connectivity index (χ0v) is 11.5. The van der Waals surface area contributed by atoms with Gasteiger partial charge < -0.3 is 9.64 Å². The van der Waals surface area contributed by atoms with E-state index in [-0.39, 0.29) is 16.5 Å². The zero-order valence-electron chi connectivity index (χ0n) is 10.7. The highest BCUT2D eigenvalue weighted by Crippen LogP contribution is 2.30. The number of halogens is 1. The first-order chi connectivity index (χ1) is 7.77. The summed E-state index contributed by atoms with van der Waals surface area (Å²) in [5.74, 6) is 0.856. The molecular weight excluding hydrogens is 238 g/mol. The van der Waals surface area contributed by atoms with E-state index in [0.29, 0.717) is 0 Å². The molecule has 0 bridgehead atoms. The van der Waals surface area contributed by atoms with E-state index >= 15 is 0 Å². The summed E-state index contributed by atoms with van der Waals surface area (Å²) in [6.45, 7) is 9.94. The number of anilines is 1. The molecule has 2 heterocycles. The Balaban J connectivity index is 2.27. The second-order valence-electron chi connectivity index (χ2n) is 5.66. The Hall–Kier alpha value is -0.870. The summed E-state index contributed by atoms with van der Waals surface area (Å²) in [6, 6.07) is 1.88. The van der Waals surface area contributed by atoms with Gasteiger partial charge >= 0.3 is 0 Å². The van der Waals surface area contributed by atoms with Crippen molar-refractivity contribution < 1.29 is 4.74 Å². The van der Waals surface area contributed by atoms with Crippen molar-refractivity contribution in [2.45, 2.75) is 38.9 Å². The highest BCUT2D eigenvalue weighted by Gasteiger charge is 2.38. The van der Waals surface area contributed by atoms with Crippen molar-refractivity contribution in [3.05, 3.63) is 17.5 Å². The normalized spacial score (nSPS) is 22.5. The maximum Gasteiger partial charge on any atom is 0.224 e. The molecule has 17 heavy (non-hydrogen) atoms. The molecule has 94 valence electrons. The number of hydrogen-bond acceptors (Lipinski definition) is 4. The van der Waals surface area contributed by atoms with Crippen LogP contribution in [0.5, 0.6) is 0 Å². The average molecular weight is 256 g/mol. The lowest BCUT2D eigenvalue weighted by molar-refractivity contribution is -0.133. The lowest BCUT2D eigenvalue weighted by Gasteiger charge is -2.47. The van der Waals surface area contributed by atoms with Crippen LogP contribution >= 0.6 is 11.6 Å². The third-order valence-corrected chi connectivity index (χ3v) is 2.81. The van der Waals surface area contributed by atoms with Gasteiger partial charge in [-0.3, -0.25) is 0 Å². The van der Waals surface area contributed by atoms with Crippen LogP contribution in [0.2, 0.25) is 5.28 Å². The van der Waals surface area contributed by atoms with Gasteiger partial charge in [0.15, 0.2) is 0 Å². The second-order valence-corrected chi connectivity index (χ2v) is 6.00. The van der Waals surface area contributed by atoms with Gasteiger partial charge in [-0.25, -0.2) is 9.97 Å². The Morgan fingerprint density at radius 1 is 1.24 bits per heavy atom. The fourth-order valence-electron chi connectivity index (χ4n) is 2.45. The third kappa shape index (κ3) is 3.07. The van der Waals surface area contributed by atoms with E-state index in [2.05, 4.69) is 42.6 Å². The van der Waals surface area contributed by atoms with Crippen LogP contribution in [-0.2, 0) is 4.74 Å². The minimum absolute atomic E-state index is 0.195. The van der Waals surface area contributed by atoms with Gasteiger partial charge in [-0.15, -0.1) is 0 Å². The van der Waals surface area contributed by atoms with Gasteiger partial charge in [-0.2, -0.15) is 0 Å². The molecule has 1 saturated heterocycles. The average Bonchev–Trinajstić information content (AvgIpc) is 2.12. The van der Waals surface area contributed by atoms with E-state index in [4.69, 9.17) is 16.3 Å². The van der Waals surface area contributed by atoms with E-state index in [1.807, 2.05) is 6.07 Å². The van der Waals surface area contributed by atoms with Gasteiger partial charge in [-0.1, -0.05) is 0 Å². The molecule has 0 N–H and O–H groups in total. The fraction of sp³-hybridized carbons (Fsp3) is 0.667. The summed E-state index contributed by atoms with van der Waals surface area (Å²) in [5, 5.41) is 0.282. The summed E-state index contributed by atoms with van der Waals surface area (Å²) < 4.78 is 6.03. The molecule has 0 aromatic carbocycles. The van der Waals surface area contributed by atoms with Crippen LogP contribution in [0.4, 0.5) is 5.82 Å². The van der Waals surface area contributed by atoms with Gasteiger partial charge in [0.2, 0.25) is 5.28 Å². The summed E-state index contributed by atoms with van der Waals surface area (Å²) in [6.07, 6.45) is 1.68. The highest BCUT2D eigenvalue weighted by molar-refractivity contribution is 6.28. The maximum atomic E-state index is 6.03. The van der Waals surface area contributed by atoms with Crippen molar-refractivity contribution in [2.24, 2.45) is 0 Å². The number of morpholine rings is 1. The molecule has 0 radical (unpaired) electrons. The van der Waals surface area contributed by atoms with Crippen molar-refractivity contribution in [1.29, 1.82) is 0 Å². The predicted octanol–water partition coefficient (Wildman–Crippen LogP) is 2.52. The Morgan fingerprint density at radius 2 is 1.82 bits per heavy atom. The number of aromatic nitrogens is 2. The van der Waals surface area contributed by atoms with E-state index in [9.17, 15) is 0 Å². The summed E-state index contributed by atoms with van der Waals surface area (Å²) in [5.41, 5.74) is -0.391. The molecule has 0 amide bonds. The van der Waals surface area contributed by atoms with Crippen molar-refractivity contribution in [2.75, 3.05) is 18.0 Å². The van der Waals surface area contributed by atoms with Crippen LogP contribution < -0.4 is 4.90 Å². The van der Waals surface area contributed by atoms with Crippen LogP contribution in [0.25, 0.3) is 0 Å². The van der Waals surface area contributed by atoms with Crippen LogP contribution in [0.15, 0.2) is 12.3 Å². The monoisotopic (exact) mass is 255 g/mol. The van der Waals surface area contributed by atoms with Crippen LogP contribution in [0.1, 0.15) is 27.7 Å². The van der Waals surface area contributed by atoms with Gasteiger partial charge in [0.05, 0.1) is 11.2 Å². The van der Waals surface area contributed by atoms with Gasteiger partial charge in [-0.05, 0) is 45.4 Å². The second kappa shape index (κ2) is 4.10. The number of rotatable bonds is 1. The fourth-order valence-corrected chi connectivity index (χ4v) is 2.59. The first-order valence-electron chi connectivity index (χ1n) is 5.71. The molecule has 0 atom stereocenters. The summed E-state index contributed by atoms with van der Waals surface area (Å²) >= 11 is 5.83. The van der Waals surface area contributed by atoms with E-state index in [1.54, 1.807) is 6.20 Å². The van der Waals surface area contributed by atoms with Crippen LogP contribution in [0, 0.1) is 0 Å². The predicted molar refractivity (Wildman–Crippen MR) is 68.5 cm³/mol. The molecule has 0 unspecified atom stereocenters. The number of hydrogen-bond donors (Lipinski definition) is 0. The molecule has 0 aliphatic carbocycles. The quantitative estimate of drug-likeness (QED) is 0.723. The zero-order chi connectivity index (χ0) is 12.7. The largest absolute Gasteiger partial charge is 0.366 e. The SMILES string of the molecule is CC1(C)CN(c2ccnc(Cl)n2)CC(C)(C)O1. The van der Waals surface area contributed by atoms with Crippen molar-refractivity contribution in [3.8, 4) is 0 Å². The van der Waals surface area contributed by atoms with Gasteiger partial charge in [0.1, 0.15) is 5.82 Å². The lowest BCUT2D eigenvalue weighted by Crippen LogP contribution is -2.57. The number of ether oxygens (including phenoxy) is 1. The standard InChI is InChI=1S/C12H18ClN3O/c1-11(2)7-16(8-12(3,4)17-11)9-5-6-14-10(13)15-9/h5-6H,7-8H2,1-4H3. The minimum atomic E-state index is -0.195. The number of nitrogens with zero attached hydrogens (tertiary/aromatic N) is 3. The molecule has 1 fully saturated rings. The lowest BCUT2D eigenvalue weighted by atomic mass is 9.99. The first kappa shape index (κ1) is 12.6. The van der Waals surface area contributed by atoms with Crippen LogP contribution in [0.3, 0.4) is 0 Å². The molecule has 1 aliphatic heterocycles. The highest BCUT2D eigenvalue weighted by atomic mass is 35.5. The smallest absolute Gasteiger partial charge is 0.224 e. The van der Waals surface area contributed by atoms with Gasteiger partial charge in [0, 0.05) is 19.3 Å². The third-order valence-electron chi connectivity index (χ3n) is 2.63. The molecule has 0 spiro atoms. The molecule has 5 heteroatoms. The van der Waals surface area contributed by atoms with Crippen molar-refractivity contribution >= 4 is 17.4 Å². The molecule has 0 saturated carbocycles. The molecule has 1 aliphatic rings. The Kier molecular flexibility index (Phi) is 3.04. The van der Waals surface area contributed by atoms with E-state index in [0.717, 1.165) is 18.9 Å². The van der Waals surface area contributed by atoms with Crippen molar-refractivity contribution in [1.82, 2.24) is 9.97 Å². The Bertz CT molecular complexity index is 404. The topological polar surface area (TPSA) is 38.2 Å². The van der Waals surface area contributed by atoms with E-state index < -0.39 is 0 Å². The maximum absolute atomic E-state index is 6.03. The Labute approximate surface area is 107 Å². The molecule has 1 aromatic heterocycles. The minimum Gasteiger partial charge on any atom is -0.366 e. The molecule has 4 nitrogen and oxygen atoms in total. The molecule has 1 aromatic rings. The molecule has 2 rings (SSSR count). The van der Waals surface area contributed by atoms with Crippen LogP contribution in [-0.4, -0.2) is 34.3 Å². The molecular formula is C12H18ClN3O. The van der Waals surface area contributed by atoms with E-state index in [1.165, 1.54) is 0 Å². The first-order valence-corrected chi connectivity index (χ1v) is 6.09. The summed E-state index contributed by atoms with van der Waals surface area (Å²) in [7, 11) is 0. The Morgan fingerprint density at radius 3 is 2.35 bits per heavy atom. The van der Waals surface area contributed by atoms with Crippen molar-refractivity contribution in [3.63, 3.8) is 0 Å². The van der Waals surface area contributed by atoms with Gasteiger partial charge in [0.25, 0.3) is 0 Å². The summed E-state index contributed by atoms with van der Waals surface area (Å²) in [4.78, 5) is 10.3.